The Hall–Kier alpha value is -1.32. The van der Waals surface area contributed by atoms with Crippen molar-refractivity contribution in [2.75, 3.05) is 0 Å². The molecule has 0 spiro atoms. The van der Waals surface area contributed by atoms with E-state index in [-0.39, 0.29) is 0 Å². The van der Waals surface area contributed by atoms with E-state index in [0.29, 0.717) is 5.57 Å². The van der Waals surface area contributed by atoms with Gasteiger partial charge < -0.3 is 0 Å². The Morgan fingerprint density at radius 2 is 1.92 bits per heavy atom. The molecule has 1 nitrogen and oxygen atoms in total. The normalized spacial score (nSPS) is 13.4. The minimum atomic E-state index is -4.31. The van der Waals surface area contributed by atoms with Crippen molar-refractivity contribution < 1.29 is 13.2 Å². The van der Waals surface area contributed by atoms with Crippen LogP contribution in [-0.2, 0) is 0 Å². The number of allylic oxidation sites excluding steroid dienone is 3. The van der Waals surface area contributed by atoms with Crippen LogP contribution in [-0.4, -0.2) is 12.4 Å². The van der Waals surface area contributed by atoms with Crippen molar-refractivity contribution in [1.29, 1.82) is 0 Å². The van der Waals surface area contributed by atoms with Gasteiger partial charge in [0.15, 0.2) is 0 Å². The fourth-order valence-corrected chi connectivity index (χ4v) is 0.371. The highest BCUT2D eigenvalue weighted by atomic mass is 19.4. The predicted molar refractivity (Wildman–Crippen MR) is 47.6 cm³/mol. The quantitative estimate of drug-likeness (QED) is 0.477. The van der Waals surface area contributed by atoms with Gasteiger partial charge in [-0.2, -0.15) is 13.2 Å². The van der Waals surface area contributed by atoms with Crippen LogP contribution < -0.4 is 0 Å². The van der Waals surface area contributed by atoms with Crippen molar-refractivity contribution in [2.24, 2.45) is 4.99 Å². The van der Waals surface area contributed by atoms with E-state index >= 15 is 0 Å². The summed E-state index contributed by atoms with van der Waals surface area (Å²) in [5, 5.41) is 0. The molecule has 0 N–H and O–H groups in total. The molecule has 0 aromatic heterocycles. The summed E-state index contributed by atoms with van der Waals surface area (Å²) in [6, 6.07) is 0. The second-order valence-corrected chi connectivity index (χ2v) is 2.37. The molecule has 72 valence electrons. The molecule has 0 atom stereocenters. The summed E-state index contributed by atoms with van der Waals surface area (Å²) in [5.41, 5.74) is -0.285. The molecule has 0 aliphatic carbocycles. The third kappa shape index (κ3) is 5.00. The molecule has 0 heterocycles. The Morgan fingerprint density at radius 3 is 2.31 bits per heavy atom. The molecule has 0 amide bonds. The first-order valence-electron chi connectivity index (χ1n) is 3.46. The molecule has 0 radical (unpaired) electrons. The maximum Gasteiger partial charge on any atom is 0.413 e. The maximum absolute atomic E-state index is 11.9. The topological polar surface area (TPSA) is 12.4 Å². The lowest BCUT2D eigenvalue weighted by Crippen LogP contribution is -2.08. The fraction of sp³-hybridized carbons (Fsp3) is 0.222. The van der Waals surface area contributed by atoms with Gasteiger partial charge in [-0.3, -0.25) is 4.99 Å². The van der Waals surface area contributed by atoms with Gasteiger partial charge in [0.05, 0.1) is 0 Å². The molecule has 0 saturated heterocycles. The Bertz CT molecular complexity index is 259. The van der Waals surface area contributed by atoms with Gasteiger partial charge in [0, 0.05) is 18.0 Å². The van der Waals surface area contributed by atoms with E-state index in [0.717, 1.165) is 13.1 Å². The van der Waals surface area contributed by atoms with E-state index in [4.69, 9.17) is 0 Å². The first-order chi connectivity index (χ1) is 5.88. The van der Waals surface area contributed by atoms with Crippen LogP contribution in [0, 0.1) is 0 Å². The Kier molecular flexibility index (Phi) is 4.17. The Morgan fingerprint density at radius 1 is 1.38 bits per heavy atom. The van der Waals surface area contributed by atoms with Gasteiger partial charge >= 0.3 is 6.18 Å². The molecule has 0 saturated carbocycles. The third-order valence-corrected chi connectivity index (χ3v) is 1.22. The van der Waals surface area contributed by atoms with E-state index in [1.54, 1.807) is 0 Å². The van der Waals surface area contributed by atoms with Crippen molar-refractivity contribution in [3.63, 3.8) is 0 Å². The van der Waals surface area contributed by atoms with Gasteiger partial charge in [-0.05, 0) is 12.5 Å². The summed E-state index contributed by atoms with van der Waals surface area (Å²) in [7, 11) is 0. The largest absolute Gasteiger partial charge is 0.413 e. The van der Waals surface area contributed by atoms with Crippen LogP contribution in [0.4, 0.5) is 13.2 Å². The molecule has 0 aliphatic rings. The zero-order valence-electron chi connectivity index (χ0n) is 7.23. The van der Waals surface area contributed by atoms with Crippen LogP contribution in [0.3, 0.4) is 0 Å². The van der Waals surface area contributed by atoms with Crippen LogP contribution in [0.25, 0.3) is 0 Å². The summed E-state index contributed by atoms with van der Waals surface area (Å²) in [4.78, 5) is 3.43. The number of rotatable bonds is 3. The van der Waals surface area contributed by atoms with Gasteiger partial charge in [0.1, 0.15) is 0 Å². The van der Waals surface area contributed by atoms with Gasteiger partial charge in [-0.1, -0.05) is 19.2 Å². The van der Waals surface area contributed by atoms with Crippen molar-refractivity contribution in [1.82, 2.24) is 0 Å². The maximum atomic E-state index is 11.9. The van der Waals surface area contributed by atoms with E-state index in [9.17, 15) is 13.2 Å². The van der Waals surface area contributed by atoms with Crippen molar-refractivity contribution >= 4 is 6.21 Å². The fourth-order valence-electron chi connectivity index (χ4n) is 0.371. The lowest BCUT2D eigenvalue weighted by molar-refractivity contribution is -0.0914. The number of hydrogen-bond acceptors (Lipinski definition) is 1. The minimum absolute atomic E-state index is 0.464. The lowest BCUT2D eigenvalue weighted by Gasteiger charge is -2.03. The number of halogens is 3. The zero-order valence-corrected chi connectivity index (χ0v) is 7.23. The molecule has 0 aromatic carbocycles. The molecule has 0 bridgehead atoms. The first kappa shape index (κ1) is 11.7. The standard InChI is InChI=1S/C9H10F3N/c1-4-7(2)5-13-6-8(3)9(10,11)12/h4-6H,1-2H2,3H3/b8-6+,13-5?. The molecule has 0 fully saturated rings. The summed E-state index contributed by atoms with van der Waals surface area (Å²) in [5.74, 6) is 0. The monoisotopic (exact) mass is 189 g/mol. The van der Waals surface area contributed by atoms with E-state index in [1.807, 2.05) is 0 Å². The van der Waals surface area contributed by atoms with Crippen LogP contribution in [0.2, 0.25) is 0 Å². The van der Waals surface area contributed by atoms with Gasteiger partial charge in [-0.15, -0.1) is 0 Å². The summed E-state index contributed by atoms with van der Waals surface area (Å²) in [6.07, 6.45) is -0.954. The summed E-state index contributed by atoms with van der Waals surface area (Å²) >= 11 is 0. The van der Waals surface area contributed by atoms with Crippen molar-refractivity contribution in [3.8, 4) is 0 Å². The van der Waals surface area contributed by atoms with Crippen LogP contribution in [0.5, 0.6) is 0 Å². The lowest BCUT2D eigenvalue weighted by atomic mass is 10.3. The van der Waals surface area contributed by atoms with Crippen LogP contribution in [0.15, 0.2) is 41.6 Å². The molecular formula is C9H10F3N. The van der Waals surface area contributed by atoms with E-state index < -0.39 is 11.7 Å². The molecule has 0 aromatic rings. The average Bonchev–Trinajstić information content (AvgIpc) is 2.02. The van der Waals surface area contributed by atoms with Crippen molar-refractivity contribution in [2.45, 2.75) is 13.1 Å². The SMILES string of the molecule is C=CC(=C)C=N/C=C(\C)C(F)(F)F. The number of hydrogen-bond donors (Lipinski definition) is 0. The summed E-state index contributed by atoms with van der Waals surface area (Å²) in [6.45, 7) is 7.78. The first-order valence-corrected chi connectivity index (χ1v) is 3.46. The van der Waals surface area contributed by atoms with Crippen LogP contribution in [0.1, 0.15) is 6.92 Å². The summed E-state index contributed by atoms with van der Waals surface area (Å²) < 4.78 is 35.6. The predicted octanol–water partition coefficient (Wildman–Crippen LogP) is 3.27. The molecule has 0 unspecified atom stereocenters. The van der Waals surface area contributed by atoms with Gasteiger partial charge in [0.2, 0.25) is 0 Å². The smallest absolute Gasteiger partial charge is 0.264 e. The average molecular weight is 189 g/mol. The van der Waals surface area contributed by atoms with Gasteiger partial charge in [0.25, 0.3) is 0 Å². The highest BCUT2D eigenvalue weighted by Crippen LogP contribution is 2.24. The number of alkyl halides is 3. The number of aliphatic imine (C=N–C) groups is 1. The number of nitrogens with zero attached hydrogens (tertiary/aromatic N) is 1. The molecule has 0 rings (SSSR count). The second-order valence-electron chi connectivity index (χ2n) is 2.37. The minimum Gasteiger partial charge on any atom is -0.264 e. The molecule has 0 aliphatic heterocycles. The molecule has 4 heteroatoms. The molecule has 13 heavy (non-hydrogen) atoms. The Balaban J connectivity index is 4.36. The van der Waals surface area contributed by atoms with Crippen molar-refractivity contribution in [3.05, 3.63) is 36.6 Å². The van der Waals surface area contributed by atoms with E-state index in [1.165, 1.54) is 12.3 Å². The highest BCUT2D eigenvalue weighted by Gasteiger charge is 2.29. The van der Waals surface area contributed by atoms with Crippen LogP contribution >= 0.6 is 0 Å². The second kappa shape index (κ2) is 4.64. The highest BCUT2D eigenvalue weighted by molar-refractivity contribution is 5.81. The van der Waals surface area contributed by atoms with E-state index in [2.05, 4.69) is 18.2 Å². The molecular weight excluding hydrogens is 179 g/mol. The third-order valence-electron chi connectivity index (χ3n) is 1.22. The van der Waals surface area contributed by atoms with Gasteiger partial charge in [-0.25, -0.2) is 0 Å². The zero-order chi connectivity index (χ0) is 10.5. The Labute approximate surface area is 75.0 Å².